The summed E-state index contributed by atoms with van der Waals surface area (Å²) < 4.78 is 29.9. The van der Waals surface area contributed by atoms with Gasteiger partial charge in [-0.3, -0.25) is 9.10 Å². The summed E-state index contributed by atoms with van der Waals surface area (Å²) in [4.78, 5) is 24.2. The van der Waals surface area contributed by atoms with Crippen LogP contribution in [0.4, 0.5) is 11.4 Å². The number of methoxy groups -OCH3 is 1. The summed E-state index contributed by atoms with van der Waals surface area (Å²) in [5, 5.41) is 3.01. The molecule has 0 aromatic heterocycles. The number of hydrogen-bond donors (Lipinski definition) is 1. The van der Waals surface area contributed by atoms with Crippen LogP contribution < -0.4 is 9.62 Å². The third kappa shape index (κ3) is 5.37. The van der Waals surface area contributed by atoms with Gasteiger partial charge in [-0.2, -0.15) is 0 Å². The summed E-state index contributed by atoms with van der Waals surface area (Å²) in [6, 6.07) is 8.97. The van der Waals surface area contributed by atoms with E-state index in [1.807, 2.05) is 0 Å². The molecule has 7 nitrogen and oxygen atoms in total. The maximum atomic E-state index is 12.5. The number of aryl methyl sites for hydroxylation is 1. The molecule has 0 saturated heterocycles. The van der Waals surface area contributed by atoms with Crippen molar-refractivity contribution < 1.29 is 22.7 Å². The van der Waals surface area contributed by atoms with E-state index in [0.29, 0.717) is 11.3 Å². The molecule has 2 rings (SSSR count). The molecule has 0 saturated carbocycles. The monoisotopic (exact) mass is 444 g/mol. The van der Waals surface area contributed by atoms with Crippen molar-refractivity contribution in [2.45, 2.75) is 6.92 Å². The van der Waals surface area contributed by atoms with Gasteiger partial charge in [0.05, 0.1) is 29.6 Å². The maximum Gasteiger partial charge on any atom is 0.337 e. The number of nitrogens with one attached hydrogen (secondary N) is 1. The van der Waals surface area contributed by atoms with Crippen molar-refractivity contribution >= 4 is 56.5 Å². The van der Waals surface area contributed by atoms with Crippen molar-refractivity contribution in [1.82, 2.24) is 0 Å². The highest BCUT2D eigenvalue weighted by Gasteiger charge is 2.24. The highest BCUT2D eigenvalue weighted by molar-refractivity contribution is 7.92. The minimum atomic E-state index is -3.82. The van der Waals surface area contributed by atoms with Gasteiger partial charge in [0.25, 0.3) is 0 Å². The first-order chi connectivity index (χ1) is 13.0. The maximum absolute atomic E-state index is 12.5. The van der Waals surface area contributed by atoms with Crippen LogP contribution >= 0.6 is 23.2 Å². The minimum Gasteiger partial charge on any atom is -0.465 e. The van der Waals surface area contributed by atoms with Crippen molar-refractivity contribution in [2.75, 3.05) is 29.5 Å². The summed E-state index contributed by atoms with van der Waals surface area (Å²) >= 11 is 12.0. The number of benzene rings is 2. The smallest absolute Gasteiger partial charge is 0.337 e. The van der Waals surface area contributed by atoms with Crippen LogP contribution in [0.15, 0.2) is 36.4 Å². The van der Waals surface area contributed by atoms with Gasteiger partial charge in [-0.05, 0) is 42.8 Å². The van der Waals surface area contributed by atoms with Crippen molar-refractivity contribution in [1.29, 1.82) is 0 Å². The Balaban J connectivity index is 2.31. The summed E-state index contributed by atoms with van der Waals surface area (Å²) in [5.41, 5.74) is 1.39. The number of esters is 1. The fraction of sp³-hybridized carbons (Fsp3) is 0.222. The minimum absolute atomic E-state index is 0.0897. The lowest BCUT2D eigenvalue weighted by molar-refractivity contribution is -0.114. The number of sulfonamides is 1. The fourth-order valence-electron chi connectivity index (χ4n) is 2.38. The number of carbonyl (C=O) groups excluding carboxylic acids is 2. The molecule has 2 aromatic rings. The lowest BCUT2D eigenvalue weighted by atomic mass is 10.1. The molecule has 0 spiro atoms. The Morgan fingerprint density at radius 2 is 1.82 bits per heavy atom. The molecule has 1 amide bonds. The SMILES string of the molecule is COC(=O)c1ccc(C)c(NC(=O)CN(c2cc(Cl)ccc2Cl)S(C)(=O)=O)c1. The Kier molecular flexibility index (Phi) is 6.92. The van der Waals surface area contributed by atoms with E-state index in [0.717, 1.165) is 10.6 Å². The van der Waals surface area contributed by atoms with E-state index in [-0.39, 0.29) is 21.3 Å². The molecular formula is C18H18Cl2N2O5S. The van der Waals surface area contributed by atoms with Crippen molar-refractivity contribution in [2.24, 2.45) is 0 Å². The number of carbonyl (C=O) groups is 2. The number of anilines is 2. The van der Waals surface area contributed by atoms with Crippen molar-refractivity contribution in [3.8, 4) is 0 Å². The molecule has 0 aliphatic heterocycles. The number of amides is 1. The average molecular weight is 445 g/mol. The molecule has 0 fully saturated rings. The molecule has 0 heterocycles. The van der Waals surface area contributed by atoms with Crippen LogP contribution in [-0.4, -0.2) is 40.2 Å². The lowest BCUT2D eigenvalue weighted by Crippen LogP contribution is -2.37. The van der Waals surface area contributed by atoms with Gasteiger partial charge in [-0.25, -0.2) is 13.2 Å². The van der Waals surface area contributed by atoms with Crippen LogP contribution in [0.2, 0.25) is 10.0 Å². The molecule has 0 aliphatic carbocycles. The third-order valence-corrected chi connectivity index (χ3v) is 5.48. The van der Waals surface area contributed by atoms with Crippen LogP contribution in [0.5, 0.6) is 0 Å². The number of ether oxygens (including phenoxy) is 1. The van der Waals surface area contributed by atoms with Gasteiger partial charge in [0, 0.05) is 10.7 Å². The summed E-state index contributed by atoms with van der Waals surface area (Å²) in [6.45, 7) is 1.21. The van der Waals surface area contributed by atoms with E-state index in [4.69, 9.17) is 23.2 Å². The van der Waals surface area contributed by atoms with Crippen LogP contribution in [0.25, 0.3) is 0 Å². The molecule has 0 atom stereocenters. The zero-order valence-electron chi connectivity index (χ0n) is 15.3. The number of nitrogens with zero attached hydrogens (tertiary/aromatic N) is 1. The normalized spacial score (nSPS) is 11.0. The highest BCUT2D eigenvalue weighted by Crippen LogP contribution is 2.30. The first kappa shape index (κ1) is 22.0. The largest absolute Gasteiger partial charge is 0.465 e. The van der Waals surface area contributed by atoms with Crippen LogP contribution in [0, 0.1) is 6.92 Å². The van der Waals surface area contributed by atoms with E-state index in [2.05, 4.69) is 10.1 Å². The molecule has 10 heteroatoms. The Morgan fingerprint density at radius 1 is 1.14 bits per heavy atom. The highest BCUT2D eigenvalue weighted by atomic mass is 35.5. The van der Waals surface area contributed by atoms with E-state index >= 15 is 0 Å². The standard InChI is InChI=1S/C18H18Cl2N2O5S/c1-11-4-5-12(18(24)27-2)8-15(11)21-17(23)10-22(28(3,25)26)16-9-13(19)6-7-14(16)20/h4-9H,10H2,1-3H3,(H,21,23). The molecule has 28 heavy (non-hydrogen) atoms. The van der Waals surface area contributed by atoms with Crippen LogP contribution in [-0.2, 0) is 19.6 Å². The molecule has 0 bridgehead atoms. The zero-order valence-corrected chi connectivity index (χ0v) is 17.7. The average Bonchev–Trinajstić information content (AvgIpc) is 2.62. The molecule has 150 valence electrons. The van der Waals surface area contributed by atoms with E-state index < -0.39 is 28.4 Å². The quantitative estimate of drug-likeness (QED) is 0.688. The lowest BCUT2D eigenvalue weighted by Gasteiger charge is -2.23. The van der Waals surface area contributed by atoms with Crippen molar-refractivity contribution in [3.05, 3.63) is 57.6 Å². The Hall–Kier alpha value is -2.29. The molecule has 0 aliphatic rings. The van der Waals surface area contributed by atoms with E-state index in [1.54, 1.807) is 19.1 Å². The summed E-state index contributed by atoms with van der Waals surface area (Å²) in [7, 11) is -2.58. The summed E-state index contributed by atoms with van der Waals surface area (Å²) in [5.74, 6) is -1.18. The predicted molar refractivity (Wildman–Crippen MR) is 110 cm³/mol. The second-order valence-corrected chi connectivity index (χ2v) is 8.69. The van der Waals surface area contributed by atoms with E-state index in [9.17, 15) is 18.0 Å². The fourth-order valence-corrected chi connectivity index (χ4v) is 3.68. The predicted octanol–water partition coefficient (Wildman–Crippen LogP) is 3.49. The van der Waals surface area contributed by atoms with Gasteiger partial charge >= 0.3 is 5.97 Å². The number of halogens is 2. The zero-order chi connectivity index (χ0) is 21.1. The number of rotatable bonds is 6. The van der Waals surface area contributed by atoms with E-state index in [1.165, 1.54) is 31.4 Å². The Morgan fingerprint density at radius 3 is 2.43 bits per heavy atom. The Bertz CT molecular complexity index is 1020. The number of hydrogen-bond acceptors (Lipinski definition) is 5. The van der Waals surface area contributed by atoms with Gasteiger partial charge < -0.3 is 10.1 Å². The third-order valence-electron chi connectivity index (χ3n) is 3.80. The molecular weight excluding hydrogens is 427 g/mol. The van der Waals surface area contributed by atoms with Crippen molar-refractivity contribution in [3.63, 3.8) is 0 Å². The first-order valence-electron chi connectivity index (χ1n) is 7.94. The summed E-state index contributed by atoms with van der Waals surface area (Å²) in [6.07, 6.45) is 0.959. The van der Waals surface area contributed by atoms with Crippen LogP contribution in [0.1, 0.15) is 15.9 Å². The molecule has 1 N–H and O–H groups in total. The second kappa shape index (κ2) is 8.81. The molecule has 0 radical (unpaired) electrons. The topological polar surface area (TPSA) is 92.8 Å². The van der Waals surface area contributed by atoms with Gasteiger partial charge in [0.1, 0.15) is 6.54 Å². The second-order valence-electron chi connectivity index (χ2n) is 5.93. The van der Waals surface area contributed by atoms with Gasteiger partial charge in [-0.1, -0.05) is 29.3 Å². The Labute approximate surface area is 173 Å². The molecule has 0 unspecified atom stereocenters. The first-order valence-corrected chi connectivity index (χ1v) is 10.5. The molecule has 2 aromatic carbocycles. The van der Waals surface area contributed by atoms with Crippen LogP contribution in [0.3, 0.4) is 0 Å². The van der Waals surface area contributed by atoms with Gasteiger partial charge in [0.15, 0.2) is 0 Å². The van der Waals surface area contributed by atoms with Gasteiger partial charge in [-0.15, -0.1) is 0 Å². The van der Waals surface area contributed by atoms with Gasteiger partial charge in [0.2, 0.25) is 15.9 Å².